The van der Waals surface area contributed by atoms with Gasteiger partial charge >= 0.3 is 11.9 Å². The Morgan fingerprint density at radius 1 is 0.861 bits per heavy atom. The van der Waals surface area contributed by atoms with E-state index >= 15 is 0 Å². The molecule has 8 heteroatoms. The number of hydrogen-bond acceptors (Lipinski definition) is 7. The van der Waals surface area contributed by atoms with E-state index in [0.29, 0.717) is 29.2 Å². The summed E-state index contributed by atoms with van der Waals surface area (Å²) < 4.78 is 15.9. The van der Waals surface area contributed by atoms with Crippen LogP contribution >= 0.6 is 0 Å². The van der Waals surface area contributed by atoms with Crippen LogP contribution in [0.15, 0.2) is 78.9 Å². The number of anilines is 1. The highest BCUT2D eigenvalue weighted by Gasteiger charge is 2.36. The zero-order valence-corrected chi connectivity index (χ0v) is 19.7. The Balaban J connectivity index is 1.27. The van der Waals surface area contributed by atoms with Gasteiger partial charge in [-0.15, -0.1) is 0 Å². The quantitative estimate of drug-likeness (QED) is 0.255. The second-order valence-corrected chi connectivity index (χ2v) is 8.14. The third-order valence-electron chi connectivity index (χ3n) is 5.66. The van der Waals surface area contributed by atoms with Gasteiger partial charge in [0, 0.05) is 24.2 Å². The van der Waals surface area contributed by atoms with Crippen molar-refractivity contribution in [3.05, 3.63) is 90.0 Å². The van der Waals surface area contributed by atoms with E-state index in [9.17, 15) is 19.2 Å². The summed E-state index contributed by atoms with van der Waals surface area (Å²) in [5.74, 6) is -1.37. The molecule has 1 aliphatic heterocycles. The number of rotatable bonds is 9. The van der Waals surface area contributed by atoms with E-state index < -0.39 is 30.2 Å². The summed E-state index contributed by atoms with van der Waals surface area (Å²) in [6.07, 6.45) is 0.0156. The largest absolute Gasteiger partial charge is 0.494 e. The number of Topliss-reactive ketones (excluding diaryl/α,β-unsaturated/α-hetero) is 1. The number of esters is 2. The molecule has 0 N–H and O–H groups in total. The number of carbonyl (C=O) groups is 4. The molecule has 3 aromatic carbocycles. The lowest BCUT2D eigenvalue weighted by atomic mass is 10.1. The normalized spacial score (nSPS) is 14.9. The number of nitrogens with zero attached hydrogens (tertiary/aromatic N) is 1. The highest BCUT2D eigenvalue weighted by atomic mass is 16.5. The second kappa shape index (κ2) is 11.3. The van der Waals surface area contributed by atoms with Crippen molar-refractivity contribution in [2.75, 3.05) is 24.7 Å². The van der Waals surface area contributed by atoms with Crippen LogP contribution < -0.4 is 14.4 Å². The standard InChI is InChI=1S/C28H25NO7/c1-2-34-23-14-10-22(11-15-23)29-17-21(16-26(29)31)27(32)35-18-25(30)19-8-12-24(13-9-19)36-28(33)20-6-4-3-5-7-20/h3-15,21H,2,16-18H2,1H3/t21-/m1/s1. The van der Waals surface area contributed by atoms with Gasteiger partial charge in [-0.05, 0) is 67.6 Å². The fraction of sp³-hybridized carbons (Fsp3) is 0.214. The van der Waals surface area contributed by atoms with Crippen molar-refractivity contribution in [1.29, 1.82) is 0 Å². The van der Waals surface area contributed by atoms with Crippen molar-refractivity contribution < 1.29 is 33.4 Å². The minimum atomic E-state index is -0.656. The topological polar surface area (TPSA) is 99.2 Å². The Morgan fingerprint density at radius 2 is 1.53 bits per heavy atom. The second-order valence-electron chi connectivity index (χ2n) is 8.14. The molecule has 1 amide bonds. The first kappa shape index (κ1) is 24.7. The molecule has 184 valence electrons. The molecule has 36 heavy (non-hydrogen) atoms. The number of ketones is 1. The van der Waals surface area contributed by atoms with Crippen LogP contribution in [0.25, 0.3) is 0 Å². The first-order chi connectivity index (χ1) is 17.4. The molecule has 4 rings (SSSR count). The Kier molecular flexibility index (Phi) is 7.75. The van der Waals surface area contributed by atoms with Gasteiger partial charge in [-0.25, -0.2) is 4.79 Å². The lowest BCUT2D eigenvalue weighted by Gasteiger charge is -2.17. The molecule has 0 saturated carbocycles. The molecule has 1 fully saturated rings. The van der Waals surface area contributed by atoms with Crippen LogP contribution in [0.2, 0.25) is 0 Å². The Morgan fingerprint density at radius 3 is 2.19 bits per heavy atom. The number of hydrogen-bond donors (Lipinski definition) is 0. The first-order valence-electron chi connectivity index (χ1n) is 11.5. The Bertz CT molecular complexity index is 1240. The van der Waals surface area contributed by atoms with Gasteiger partial charge in [-0.3, -0.25) is 14.4 Å². The summed E-state index contributed by atoms with van der Waals surface area (Å²) >= 11 is 0. The molecule has 0 spiro atoms. The predicted molar refractivity (Wildman–Crippen MR) is 131 cm³/mol. The molecule has 1 atom stereocenters. The summed E-state index contributed by atoms with van der Waals surface area (Å²) in [7, 11) is 0. The maximum atomic E-state index is 12.5. The monoisotopic (exact) mass is 487 g/mol. The minimum Gasteiger partial charge on any atom is -0.494 e. The molecule has 1 saturated heterocycles. The van der Waals surface area contributed by atoms with Gasteiger partial charge in [-0.1, -0.05) is 18.2 Å². The maximum Gasteiger partial charge on any atom is 0.343 e. The van der Waals surface area contributed by atoms with Gasteiger partial charge in [-0.2, -0.15) is 0 Å². The zero-order chi connectivity index (χ0) is 25.5. The molecular formula is C28H25NO7. The smallest absolute Gasteiger partial charge is 0.343 e. The van der Waals surface area contributed by atoms with Gasteiger partial charge < -0.3 is 19.1 Å². The van der Waals surface area contributed by atoms with Crippen molar-refractivity contribution in [3.8, 4) is 11.5 Å². The van der Waals surface area contributed by atoms with E-state index in [0.717, 1.165) is 0 Å². The van der Waals surface area contributed by atoms with Crippen LogP contribution in [-0.2, 0) is 14.3 Å². The highest BCUT2D eigenvalue weighted by molar-refractivity contribution is 6.01. The lowest BCUT2D eigenvalue weighted by Crippen LogP contribution is -2.27. The molecule has 0 bridgehead atoms. The summed E-state index contributed by atoms with van der Waals surface area (Å²) in [5.41, 5.74) is 1.39. The first-order valence-corrected chi connectivity index (χ1v) is 11.5. The molecule has 0 aromatic heterocycles. The van der Waals surface area contributed by atoms with Crippen LogP contribution in [-0.4, -0.2) is 43.4 Å². The molecule has 0 aliphatic carbocycles. The van der Waals surface area contributed by atoms with Crippen molar-refractivity contribution in [2.45, 2.75) is 13.3 Å². The number of carbonyl (C=O) groups excluding carboxylic acids is 4. The average Bonchev–Trinajstić information content (AvgIpc) is 3.30. The van der Waals surface area contributed by atoms with Crippen LogP contribution in [0.1, 0.15) is 34.1 Å². The van der Waals surface area contributed by atoms with Gasteiger partial charge in [0.05, 0.1) is 18.1 Å². The van der Waals surface area contributed by atoms with Gasteiger partial charge in [0.15, 0.2) is 12.4 Å². The lowest BCUT2D eigenvalue weighted by molar-refractivity contribution is -0.147. The minimum absolute atomic E-state index is 0.0156. The van der Waals surface area contributed by atoms with E-state index in [1.807, 2.05) is 6.92 Å². The van der Waals surface area contributed by atoms with E-state index in [1.165, 1.54) is 29.2 Å². The van der Waals surface area contributed by atoms with Gasteiger partial charge in [0.1, 0.15) is 11.5 Å². The Hall–Kier alpha value is -4.46. The highest BCUT2D eigenvalue weighted by Crippen LogP contribution is 2.27. The van der Waals surface area contributed by atoms with Crippen molar-refractivity contribution in [1.82, 2.24) is 0 Å². The van der Waals surface area contributed by atoms with E-state index in [-0.39, 0.29) is 24.6 Å². The van der Waals surface area contributed by atoms with E-state index in [2.05, 4.69) is 0 Å². The molecule has 1 heterocycles. The average molecular weight is 488 g/mol. The van der Waals surface area contributed by atoms with E-state index in [4.69, 9.17) is 14.2 Å². The number of benzene rings is 3. The molecule has 0 unspecified atom stereocenters. The molecular weight excluding hydrogens is 462 g/mol. The van der Waals surface area contributed by atoms with Crippen molar-refractivity contribution in [3.63, 3.8) is 0 Å². The molecule has 0 radical (unpaired) electrons. The fourth-order valence-corrected chi connectivity index (χ4v) is 3.79. The summed E-state index contributed by atoms with van der Waals surface area (Å²) in [6, 6.07) is 21.6. The van der Waals surface area contributed by atoms with Crippen LogP contribution in [0.3, 0.4) is 0 Å². The number of amides is 1. The van der Waals surface area contributed by atoms with Crippen LogP contribution in [0.4, 0.5) is 5.69 Å². The van der Waals surface area contributed by atoms with Crippen molar-refractivity contribution >= 4 is 29.3 Å². The Labute approximate surface area is 208 Å². The van der Waals surface area contributed by atoms with Crippen LogP contribution in [0, 0.1) is 5.92 Å². The predicted octanol–water partition coefficient (Wildman–Crippen LogP) is 4.08. The van der Waals surface area contributed by atoms with Gasteiger partial charge in [0.2, 0.25) is 5.91 Å². The fourth-order valence-electron chi connectivity index (χ4n) is 3.79. The molecule has 1 aliphatic rings. The summed E-state index contributed by atoms with van der Waals surface area (Å²) in [6.45, 7) is 2.16. The van der Waals surface area contributed by atoms with E-state index in [1.54, 1.807) is 54.6 Å². The SMILES string of the molecule is CCOc1ccc(N2C[C@H](C(=O)OCC(=O)c3ccc(OC(=O)c4ccccc4)cc3)CC2=O)cc1. The van der Waals surface area contributed by atoms with Crippen molar-refractivity contribution in [2.24, 2.45) is 5.92 Å². The maximum absolute atomic E-state index is 12.5. The summed E-state index contributed by atoms with van der Waals surface area (Å²) in [5, 5.41) is 0. The van der Waals surface area contributed by atoms with Gasteiger partial charge in [0.25, 0.3) is 0 Å². The summed E-state index contributed by atoms with van der Waals surface area (Å²) in [4.78, 5) is 51.1. The van der Waals surface area contributed by atoms with Crippen LogP contribution in [0.5, 0.6) is 11.5 Å². The zero-order valence-electron chi connectivity index (χ0n) is 19.7. The third-order valence-corrected chi connectivity index (χ3v) is 5.66. The third kappa shape index (κ3) is 5.96. The number of ether oxygens (including phenoxy) is 3. The molecule has 8 nitrogen and oxygen atoms in total. The molecule has 3 aromatic rings.